The zero-order valence-corrected chi connectivity index (χ0v) is 12.5. The number of hydrogen-bond donors (Lipinski definition) is 1. The van der Waals surface area contributed by atoms with Crippen LogP contribution in [0.4, 0.5) is 0 Å². The molecule has 4 nitrogen and oxygen atoms in total. The average molecular weight is 277 g/mol. The summed E-state index contributed by atoms with van der Waals surface area (Å²) < 4.78 is 2.37. The Morgan fingerprint density at radius 2 is 2.15 bits per heavy atom. The molecular weight excluding hydrogens is 250 g/mol. The van der Waals surface area contributed by atoms with Gasteiger partial charge in [-0.15, -0.1) is 0 Å². The first-order valence-corrected chi connectivity index (χ1v) is 8.17. The van der Waals surface area contributed by atoms with Crippen LogP contribution in [0.3, 0.4) is 0 Å². The number of imidazole rings is 1. The molecule has 0 radical (unpaired) electrons. The van der Waals surface area contributed by atoms with Gasteiger partial charge in [0, 0.05) is 24.8 Å². The molecule has 1 aromatic rings. The third kappa shape index (κ3) is 3.41. The Balaban J connectivity index is 1.69. The van der Waals surface area contributed by atoms with Gasteiger partial charge in [0.25, 0.3) is 0 Å². The number of aliphatic hydroxyl groups excluding tert-OH is 1. The highest BCUT2D eigenvalue weighted by Crippen LogP contribution is 2.36. The zero-order chi connectivity index (χ0) is 13.9. The van der Waals surface area contributed by atoms with E-state index in [4.69, 9.17) is 0 Å². The number of rotatable bonds is 5. The number of aliphatic hydroxyl groups is 1. The Kier molecular flexibility index (Phi) is 4.41. The highest BCUT2D eigenvalue weighted by molar-refractivity contribution is 5.04. The average Bonchev–Trinajstić information content (AvgIpc) is 3.18. The molecular formula is C16H27N3O. The van der Waals surface area contributed by atoms with Crippen molar-refractivity contribution in [2.45, 2.75) is 76.6 Å². The van der Waals surface area contributed by atoms with E-state index in [0.717, 1.165) is 19.5 Å². The number of nitrogens with zero attached hydrogens (tertiary/aromatic N) is 3. The van der Waals surface area contributed by atoms with E-state index in [2.05, 4.69) is 14.5 Å². The standard InChI is InChI=1S/C16H27N3O/c1-13(20)9-15-5-3-2-4-8-18(15)11-16-10-17-12-19(16)14-6-7-14/h10,12-15,20H,2-9,11H2,1H3. The zero-order valence-electron chi connectivity index (χ0n) is 12.5. The number of aromatic nitrogens is 2. The van der Waals surface area contributed by atoms with Gasteiger partial charge in [0.05, 0.1) is 18.1 Å². The van der Waals surface area contributed by atoms with Gasteiger partial charge in [-0.3, -0.25) is 4.90 Å². The Labute approximate surface area is 121 Å². The first-order valence-electron chi connectivity index (χ1n) is 8.17. The van der Waals surface area contributed by atoms with Crippen LogP contribution < -0.4 is 0 Å². The maximum absolute atomic E-state index is 9.75. The van der Waals surface area contributed by atoms with Gasteiger partial charge in [0.15, 0.2) is 0 Å². The van der Waals surface area contributed by atoms with E-state index in [1.54, 1.807) is 0 Å². The summed E-state index contributed by atoms with van der Waals surface area (Å²) in [7, 11) is 0. The van der Waals surface area contributed by atoms with Gasteiger partial charge in [-0.1, -0.05) is 12.8 Å². The summed E-state index contributed by atoms with van der Waals surface area (Å²) in [5, 5.41) is 9.75. The van der Waals surface area contributed by atoms with Crippen LogP contribution in [0.2, 0.25) is 0 Å². The summed E-state index contributed by atoms with van der Waals surface area (Å²) in [6, 6.07) is 1.23. The van der Waals surface area contributed by atoms with Crippen LogP contribution in [-0.4, -0.2) is 38.2 Å². The molecule has 2 atom stereocenters. The van der Waals surface area contributed by atoms with Crippen molar-refractivity contribution in [2.75, 3.05) is 6.54 Å². The molecule has 2 unspecified atom stereocenters. The SMILES string of the molecule is CC(O)CC1CCCCCN1Cc1cncn1C1CC1. The lowest BCUT2D eigenvalue weighted by molar-refractivity contribution is 0.106. The first-order chi connectivity index (χ1) is 9.74. The number of hydrogen-bond acceptors (Lipinski definition) is 3. The van der Waals surface area contributed by atoms with E-state index in [1.807, 2.05) is 19.4 Å². The van der Waals surface area contributed by atoms with Crippen molar-refractivity contribution in [1.29, 1.82) is 0 Å². The molecule has 20 heavy (non-hydrogen) atoms. The topological polar surface area (TPSA) is 41.3 Å². The molecule has 0 bridgehead atoms. The Hall–Kier alpha value is -0.870. The summed E-state index contributed by atoms with van der Waals surface area (Å²) >= 11 is 0. The number of likely N-dealkylation sites (tertiary alicyclic amines) is 1. The quantitative estimate of drug-likeness (QED) is 0.899. The van der Waals surface area contributed by atoms with Gasteiger partial charge in [0.2, 0.25) is 0 Å². The maximum Gasteiger partial charge on any atom is 0.0951 e. The minimum atomic E-state index is -0.200. The molecule has 1 aliphatic heterocycles. The van der Waals surface area contributed by atoms with Gasteiger partial charge in [-0.05, 0) is 45.6 Å². The van der Waals surface area contributed by atoms with E-state index >= 15 is 0 Å². The fraction of sp³-hybridized carbons (Fsp3) is 0.812. The molecule has 3 rings (SSSR count). The van der Waals surface area contributed by atoms with Crippen molar-refractivity contribution in [2.24, 2.45) is 0 Å². The molecule has 1 aliphatic carbocycles. The van der Waals surface area contributed by atoms with Gasteiger partial charge >= 0.3 is 0 Å². The molecule has 112 valence electrons. The highest BCUT2D eigenvalue weighted by Gasteiger charge is 2.28. The molecule has 0 aromatic carbocycles. The smallest absolute Gasteiger partial charge is 0.0951 e. The molecule has 2 aliphatic rings. The normalized spacial score (nSPS) is 26.4. The third-order valence-corrected chi connectivity index (χ3v) is 4.66. The molecule has 1 N–H and O–H groups in total. The van der Waals surface area contributed by atoms with E-state index in [1.165, 1.54) is 44.2 Å². The molecule has 0 spiro atoms. The molecule has 2 heterocycles. The maximum atomic E-state index is 9.75. The summed E-state index contributed by atoms with van der Waals surface area (Å²) in [6.07, 6.45) is 12.5. The Morgan fingerprint density at radius 3 is 2.90 bits per heavy atom. The van der Waals surface area contributed by atoms with Crippen LogP contribution >= 0.6 is 0 Å². The summed E-state index contributed by atoms with van der Waals surface area (Å²) in [4.78, 5) is 6.92. The fourth-order valence-corrected chi connectivity index (χ4v) is 3.45. The Morgan fingerprint density at radius 1 is 1.30 bits per heavy atom. The lowest BCUT2D eigenvalue weighted by Gasteiger charge is -2.31. The summed E-state index contributed by atoms with van der Waals surface area (Å²) in [5.74, 6) is 0. The van der Waals surface area contributed by atoms with Crippen molar-refractivity contribution >= 4 is 0 Å². The van der Waals surface area contributed by atoms with E-state index in [9.17, 15) is 5.11 Å². The van der Waals surface area contributed by atoms with Gasteiger partial charge in [-0.2, -0.15) is 0 Å². The van der Waals surface area contributed by atoms with Crippen molar-refractivity contribution in [1.82, 2.24) is 14.5 Å². The first kappa shape index (κ1) is 14.1. The van der Waals surface area contributed by atoms with Crippen LogP contribution in [0.1, 0.15) is 63.6 Å². The predicted octanol–water partition coefficient (Wildman–Crippen LogP) is 2.73. The van der Waals surface area contributed by atoms with Gasteiger partial charge in [0.1, 0.15) is 0 Å². The second kappa shape index (κ2) is 6.27. The molecule has 1 saturated carbocycles. The molecule has 2 fully saturated rings. The molecule has 0 amide bonds. The van der Waals surface area contributed by atoms with Gasteiger partial charge < -0.3 is 9.67 Å². The lowest BCUT2D eigenvalue weighted by atomic mass is 10.0. The molecule has 4 heteroatoms. The molecule has 1 saturated heterocycles. The molecule has 1 aromatic heterocycles. The third-order valence-electron chi connectivity index (χ3n) is 4.66. The van der Waals surface area contributed by atoms with Crippen LogP contribution in [0, 0.1) is 0 Å². The van der Waals surface area contributed by atoms with Crippen molar-refractivity contribution in [3.05, 3.63) is 18.2 Å². The minimum absolute atomic E-state index is 0.200. The van der Waals surface area contributed by atoms with Crippen LogP contribution in [-0.2, 0) is 6.54 Å². The van der Waals surface area contributed by atoms with Crippen molar-refractivity contribution in [3.8, 4) is 0 Å². The van der Waals surface area contributed by atoms with Crippen molar-refractivity contribution < 1.29 is 5.11 Å². The van der Waals surface area contributed by atoms with Crippen molar-refractivity contribution in [3.63, 3.8) is 0 Å². The largest absolute Gasteiger partial charge is 0.393 e. The predicted molar refractivity (Wildman–Crippen MR) is 79.5 cm³/mol. The van der Waals surface area contributed by atoms with E-state index < -0.39 is 0 Å². The highest BCUT2D eigenvalue weighted by atomic mass is 16.3. The minimum Gasteiger partial charge on any atom is -0.393 e. The second-order valence-corrected chi connectivity index (χ2v) is 6.58. The summed E-state index contributed by atoms with van der Waals surface area (Å²) in [5.41, 5.74) is 1.35. The summed E-state index contributed by atoms with van der Waals surface area (Å²) in [6.45, 7) is 4.07. The van der Waals surface area contributed by atoms with Crippen LogP contribution in [0.5, 0.6) is 0 Å². The monoisotopic (exact) mass is 277 g/mol. The van der Waals surface area contributed by atoms with E-state index in [0.29, 0.717) is 12.1 Å². The fourth-order valence-electron chi connectivity index (χ4n) is 3.45. The lowest BCUT2D eigenvalue weighted by Crippen LogP contribution is -2.37. The van der Waals surface area contributed by atoms with E-state index in [-0.39, 0.29) is 6.10 Å². The van der Waals surface area contributed by atoms with Crippen LogP contribution in [0.15, 0.2) is 12.5 Å². The van der Waals surface area contributed by atoms with Gasteiger partial charge in [-0.25, -0.2) is 4.98 Å². The second-order valence-electron chi connectivity index (χ2n) is 6.58. The Bertz CT molecular complexity index is 425. The van der Waals surface area contributed by atoms with Crippen LogP contribution in [0.25, 0.3) is 0 Å².